The summed E-state index contributed by atoms with van der Waals surface area (Å²) >= 11 is 0. The Morgan fingerprint density at radius 2 is 2.06 bits per heavy atom. The van der Waals surface area contributed by atoms with Crippen LogP contribution in [0.15, 0.2) is 16.7 Å². The molecule has 7 heteroatoms. The highest BCUT2D eigenvalue weighted by atomic mass is 16.5. The van der Waals surface area contributed by atoms with E-state index in [1.165, 1.54) is 20.5 Å². The molecule has 0 unspecified atom stereocenters. The average Bonchev–Trinajstić information content (AvgIpc) is 2.85. The molecule has 2 aromatic rings. The van der Waals surface area contributed by atoms with Crippen LogP contribution in [0.1, 0.15) is 10.4 Å². The van der Waals surface area contributed by atoms with Crippen LogP contribution in [0.2, 0.25) is 0 Å². The van der Waals surface area contributed by atoms with Gasteiger partial charge in [0.15, 0.2) is 11.3 Å². The molecule has 0 radical (unpaired) electrons. The number of aromatic hydroxyl groups is 1. The zero-order valence-electron chi connectivity index (χ0n) is 9.81. The number of amides is 1. The van der Waals surface area contributed by atoms with Crippen LogP contribution < -0.4 is 20.7 Å². The van der Waals surface area contributed by atoms with E-state index in [4.69, 9.17) is 19.7 Å². The van der Waals surface area contributed by atoms with Crippen molar-refractivity contribution in [3.8, 4) is 17.2 Å². The number of furan rings is 1. The molecule has 0 aliphatic rings. The van der Waals surface area contributed by atoms with E-state index < -0.39 is 5.91 Å². The van der Waals surface area contributed by atoms with Gasteiger partial charge < -0.3 is 19.0 Å². The van der Waals surface area contributed by atoms with Crippen molar-refractivity contribution in [3.63, 3.8) is 0 Å². The Morgan fingerprint density at radius 1 is 1.39 bits per heavy atom. The molecule has 0 aliphatic heterocycles. The van der Waals surface area contributed by atoms with Crippen LogP contribution in [0.4, 0.5) is 0 Å². The number of nitrogens with one attached hydrogen (secondary N) is 1. The molecule has 0 fully saturated rings. The van der Waals surface area contributed by atoms with Gasteiger partial charge in [0, 0.05) is 0 Å². The highest BCUT2D eigenvalue weighted by Crippen LogP contribution is 2.45. The fourth-order valence-electron chi connectivity index (χ4n) is 1.81. The number of hydrazine groups is 1. The maximum Gasteiger partial charge on any atom is 0.272 e. The number of carbonyl (C=O) groups is 1. The van der Waals surface area contributed by atoms with Gasteiger partial charge in [-0.25, -0.2) is 5.84 Å². The van der Waals surface area contributed by atoms with Crippen molar-refractivity contribution in [2.45, 2.75) is 0 Å². The van der Waals surface area contributed by atoms with Gasteiger partial charge in [0.25, 0.3) is 5.91 Å². The number of carbonyl (C=O) groups excluding carboxylic acids is 1. The number of nitrogens with two attached hydrogens (primary N) is 1. The van der Waals surface area contributed by atoms with Gasteiger partial charge in [0.1, 0.15) is 11.3 Å². The Kier molecular flexibility index (Phi) is 2.99. The number of methoxy groups -OCH3 is 2. The lowest BCUT2D eigenvalue weighted by Crippen LogP contribution is -2.30. The Morgan fingerprint density at radius 3 is 2.61 bits per heavy atom. The molecule has 0 saturated carbocycles. The van der Waals surface area contributed by atoms with E-state index in [0.717, 1.165) is 0 Å². The first kappa shape index (κ1) is 12.1. The lowest BCUT2D eigenvalue weighted by Gasteiger charge is -2.13. The van der Waals surface area contributed by atoms with Gasteiger partial charge in [-0.2, -0.15) is 0 Å². The van der Waals surface area contributed by atoms with Crippen molar-refractivity contribution < 1.29 is 23.8 Å². The van der Waals surface area contributed by atoms with E-state index in [1.807, 2.05) is 5.43 Å². The molecule has 0 atom stereocenters. The minimum absolute atomic E-state index is 0.0504. The van der Waals surface area contributed by atoms with Crippen LogP contribution in [0.3, 0.4) is 0 Å². The summed E-state index contributed by atoms with van der Waals surface area (Å²) in [6, 6.07) is 1.60. The molecule has 1 aromatic carbocycles. The first-order valence-electron chi connectivity index (χ1n) is 5.00. The molecule has 96 valence electrons. The molecule has 2 rings (SSSR count). The largest absolute Gasteiger partial charge is 0.504 e. The number of hydrogen-bond acceptors (Lipinski definition) is 6. The van der Waals surface area contributed by atoms with E-state index in [9.17, 15) is 9.90 Å². The van der Waals surface area contributed by atoms with Crippen molar-refractivity contribution in [2.75, 3.05) is 14.2 Å². The first-order chi connectivity index (χ1) is 8.65. The summed E-state index contributed by atoms with van der Waals surface area (Å²) in [5.41, 5.74) is 2.13. The van der Waals surface area contributed by atoms with Crippen molar-refractivity contribution in [2.24, 2.45) is 5.84 Å². The molecule has 1 heterocycles. The van der Waals surface area contributed by atoms with Crippen molar-refractivity contribution in [1.82, 2.24) is 5.43 Å². The second-order valence-electron chi connectivity index (χ2n) is 3.43. The Bertz CT molecular complexity index is 605. The topological polar surface area (TPSA) is 107 Å². The Hall–Kier alpha value is -2.41. The van der Waals surface area contributed by atoms with E-state index in [0.29, 0.717) is 11.0 Å². The molecule has 1 aromatic heterocycles. The monoisotopic (exact) mass is 252 g/mol. The molecule has 0 bridgehead atoms. The summed E-state index contributed by atoms with van der Waals surface area (Å²) in [5, 5.41) is 10.5. The fourth-order valence-corrected chi connectivity index (χ4v) is 1.81. The number of nitrogen functional groups attached to an aromatic ring is 1. The number of hydrogen-bond donors (Lipinski definition) is 3. The van der Waals surface area contributed by atoms with Gasteiger partial charge in [-0.1, -0.05) is 0 Å². The van der Waals surface area contributed by atoms with Gasteiger partial charge in [0.05, 0.1) is 25.9 Å². The number of ether oxygens (including phenoxy) is 2. The van der Waals surface area contributed by atoms with Gasteiger partial charge in [-0.15, -0.1) is 0 Å². The minimum Gasteiger partial charge on any atom is -0.504 e. The second kappa shape index (κ2) is 4.46. The van der Waals surface area contributed by atoms with Gasteiger partial charge in [-0.3, -0.25) is 10.2 Å². The number of rotatable bonds is 3. The molecule has 0 aliphatic carbocycles. The summed E-state index contributed by atoms with van der Waals surface area (Å²) < 4.78 is 15.4. The standard InChI is InChI=1S/C11H12N2O5/c1-16-8-5-3-4-18-9(5)10(17-2)7(14)6(8)11(15)13-12/h3-4,14H,12H2,1-2H3,(H,13,15). The van der Waals surface area contributed by atoms with Gasteiger partial charge in [0.2, 0.25) is 5.75 Å². The zero-order chi connectivity index (χ0) is 13.3. The number of benzene rings is 1. The average molecular weight is 252 g/mol. The lowest BCUT2D eigenvalue weighted by molar-refractivity contribution is 0.0947. The fraction of sp³-hybridized carbons (Fsp3) is 0.182. The quantitative estimate of drug-likeness (QED) is 0.423. The molecule has 18 heavy (non-hydrogen) atoms. The lowest BCUT2D eigenvalue weighted by atomic mass is 10.1. The first-order valence-corrected chi connectivity index (χ1v) is 5.00. The molecule has 0 saturated heterocycles. The molecule has 1 amide bonds. The summed E-state index contributed by atoms with van der Waals surface area (Å²) in [7, 11) is 2.73. The van der Waals surface area contributed by atoms with Crippen molar-refractivity contribution in [1.29, 1.82) is 0 Å². The van der Waals surface area contributed by atoms with Crippen molar-refractivity contribution in [3.05, 3.63) is 17.9 Å². The Labute approximate surface area is 102 Å². The summed E-state index contributed by atoms with van der Waals surface area (Å²) in [4.78, 5) is 11.7. The highest BCUT2D eigenvalue weighted by molar-refractivity contribution is 6.07. The van der Waals surface area contributed by atoms with Crippen LogP contribution in [0.5, 0.6) is 17.2 Å². The van der Waals surface area contributed by atoms with E-state index in [-0.39, 0.29) is 22.8 Å². The smallest absolute Gasteiger partial charge is 0.272 e. The van der Waals surface area contributed by atoms with E-state index in [2.05, 4.69) is 0 Å². The Balaban J connectivity index is 2.90. The summed E-state index contributed by atoms with van der Waals surface area (Å²) in [6.07, 6.45) is 1.40. The third-order valence-electron chi connectivity index (χ3n) is 2.56. The maximum absolute atomic E-state index is 11.7. The second-order valence-corrected chi connectivity index (χ2v) is 3.43. The minimum atomic E-state index is -0.689. The van der Waals surface area contributed by atoms with Crippen LogP contribution >= 0.6 is 0 Å². The number of fused-ring (bicyclic) bond motifs is 1. The van der Waals surface area contributed by atoms with Crippen LogP contribution in [-0.4, -0.2) is 25.2 Å². The van der Waals surface area contributed by atoms with E-state index in [1.54, 1.807) is 6.07 Å². The van der Waals surface area contributed by atoms with Crippen molar-refractivity contribution >= 4 is 16.9 Å². The van der Waals surface area contributed by atoms with Gasteiger partial charge in [-0.05, 0) is 6.07 Å². The maximum atomic E-state index is 11.7. The highest BCUT2D eigenvalue weighted by Gasteiger charge is 2.26. The predicted molar refractivity (Wildman–Crippen MR) is 62.6 cm³/mol. The van der Waals surface area contributed by atoms with E-state index >= 15 is 0 Å². The predicted octanol–water partition coefficient (Wildman–Crippen LogP) is 0.759. The van der Waals surface area contributed by atoms with Crippen LogP contribution in [0.25, 0.3) is 11.0 Å². The van der Waals surface area contributed by atoms with Gasteiger partial charge >= 0.3 is 0 Å². The third-order valence-corrected chi connectivity index (χ3v) is 2.56. The molecular formula is C11H12N2O5. The normalized spacial score (nSPS) is 10.4. The summed E-state index contributed by atoms with van der Waals surface area (Å²) in [6.45, 7) is 0. The third kappa shape index (κ3) is 1.52. The SMILES string of the molecule is COc1c(C(=O)NN)c(O)c(OC)c2occc12. The molecular weight excluding hydrogens is 240 g/mol. The van der Waals surface area contributed by atoms with Crippen LogP contribution in [-0.2, 0) is 0 Å². The number of phenols is 1. The van der Waals surface area contributed by atoms with Crippen LogP contribution in [0, 0.1) is 0 Å². The molecule has 7 nitrogen and oxygen atoms in total. The number of phenolic OH excluding ortho intramolecular Hbond substituents is 1. The molecule has 4 N–H and O–H groups in total. The zero-order valence-corrected chi connectivity index (χ0v) is 9.81. The summed E-state index contributed by atoms with van der Waals surface area (Å²) in [5.74, 6) is 4.22. The molecule has 0 spiro atoms.